The van der Waals surface area contributed by atoms with Crippen LogP contribution < -0.4 is 14.2 Å². The number of halogens is 8. The molecule has 0 atom stereocenters. The maximum atomic E-state index is 13.3. The number of rotatable bonds is 28. The van der Waals surface area contributed by atoms with E-state index in [9.17, 15) is 65.9 Å². The smallest absolute Gasteiger partial charge is 0.338 e. The SMILES string of the molecule is C=C(C)C(=O)Oc1ccc(OCC(F)(F)CC(C)(F)F)cc1.C=CCS(=O)(=O)[O-].C=CS(=O)(=O)[O-].C=Cc1ccc(OCC(F)(F)CC(C)(F)F)cc1.c1ccc([S+](c2ccccc2)c2ccccc2)cc1.c1ccc([S+](c2ccccc2)c2ccccc2)cc1.c1ccc([S+](c2ccccc2)c2ccccc2)cc1.c1ccc([S+](c2ccccc2)c2ccccc2)cc1. The first-order valence-electron chi connectivity index (χ1n) is 39.8. The Kier molecular flexibility index (Phi) is 43.1. The Hall–Kier alpha value is -12.2. The summed E-state index contributed by atoms with van der Waals surface area (Å²) >= 11 is 0. The van der Waals surface area contributed by atoms with Crippen molar-refractivity contribution in [1.82, 2.24) is 0 Å². The minimum atomic E-state index is -4.15. The van der Waals surface area contributed by atoms with E-state index in [1.54, 1.807) is 18.2 Å². The first kappa shape index (κ1) is 104. The predicted octanol–water partition coefficient (Wildman–Crippen LogP) is 27.1. The van der Waals surface area contributed by atoms with Gasteiger partial charge in [-0.15, -0.1) is 6.58 Å². The van der Waals surface area contributed by atoms with Gasteiger partial charge in [-0.2, -0.15) is 0 Å². The van der Waals surface area contributed by atoms with E-state index in [0.29, 0.717) is 19.3 Å². The van der Waals surface area contributed by atoms with Crippen LogP contribution in [0.4, 0.5) is 35.1 Å². The fraction of sp³-hybridized carbons (Fsp3) is 0.114. The maximum Gasteiger partial charge on any atom is 0.338 e. The molecule has 0 N–H and O–H groups in total. The van der Waals surface area contributed by atoms with E-state index in [-0.39, 0.29) is 66.4 Å². The zero-order valence-electron chi connectivity index (χ0n) is 70.9. The van der Waals surface area contributed by atoms with Gasteiger partial charge in [-0.1, -0.05) is 262 Å². The second-order valence-corrected chi connectivity index (χ2v) is 38.7. The second-order valence-electron chi connectivity index (χ2n) is 27.9. The lowest BCUT2D eigenvalue weighted by Gasteiger charge is -2.20. The molecule has 0 unspecified atom stereocenters. The van der Waals surface area contributed by atoms with Crippen LogP contribution in [0.15, 0.2) is 515 Å². The normalized spacial score (nSPS) is 11.1. The van der Waals surface area contributed by atoms with Crippen molar-refractivity contribution >= 4 is 75.9 Å². The summed E-state index contributed by atoms with van der Waals surface area (Å²) in [7, 11) is -8.25. The maximum absolute atomic E-state index is 13.3. The van der Waals surface area contributed by atoms with Crippen molar-refractivity contribution in [3.63, 3.8) is 0 Å². The molecule has 0 spiro atoms. The Morgan fingerprint density at radius 1 is 0.326 bits per heavy atom. The highest BCUT2D eigenvalue weighted by Crippen LogP contribution is 2.37. The molecule has 0 amide bonds. The summed E-state index contributed by atoms with van der Waals surface area (Å²) in [5, 5.41) is 0.354. The number of alkyl halides is 8. The minimum Gasteiger partial charge on any atom is -0.748 e. The quantitative estimate of drug-likeness (QED) is 0.00878. The summed E-state index contributed by atoms with van der Waals surface area (Å²) in [5.74, 6) is -14.8. The molecule has 14 rings (SSSR count). The molecule has 14 aromatic rings. The average Bonchev–Trinajstić information content (AvgIpc) is 0.828. The van der Waals surface area contributed by atoms with Gasteiger partial charge in [0.2, 0.25) is 0 Å². The van der Waals surface area contributed by atoms with E-state index in [2.05, 4.69) is 390 Å². The van der Waals surface area contributed by atoms with E-state index in [4.69, 9.17) is 14.2 Å². The molecule has 0 heterocycles. The standard InChI is InChI=1S/4C18H15S.C15H16F4O3.C13H14F4O.C3H6O3S.C2H4O3S/c4*1-4-10-16(11-5-1)19(17-12-6-2-7-13-17)18-14-8-3-9-15-18;1-10(2)13(20)22-12-6-4-11(5-7-12)21-9-15(18,19)8-14(3,16)17;1-3-10-4-6-11(7-5-10)18-9-13(16,17)8-12(2,14)15;1-2-3-7(4,5)6;1-2-6(3,4)5/h4*1-15H;4-7H,1,8-9H2,2-3H3;3-7H,1,8-9H2,2H3;2H,1,3H2,(H,4,5,6);2H,1H2,(H,3,4,5)/q4*+1;;;;/p-2. The van der Waals surface area contributed by atoms with Crippen LogP contribution in [0.3, 0.4) is 0 Å². The molecule has 0 aliphatic carbocycles. The van der Waals surface area contributed by atoms with Crippen molar-refractivity contribution in [3.8, 4) is 17.2 Å². The molecule has 0 radical (unpaired) electrons. The van der Waals surface area contributed by atoms with Crippen LogP contribution in [0.25, 0.3) is 6.08 Å². The van der Waals surface area contributed by atoms with Crippen LogP contribution >= 0.6 is 0 Å². The molecule has 668 valence electrons. The molecule has 0 fully saturated rings. The van der Waals surface area contributed by atoms with Crippen molar-refractivity contribution < 1.29 is 80.1 Å². The zero-order chi connectivity index (χ0) is 93.6. The van der Waals surface area contributed by atoms with E-state index in [0.717, 1.165) is 11.6 Å². The van der Waals surface area contributed by atoms with Crippen LogP contribution in [-0.2, 0) is 68.6 Å². The molecular formula is C105H98F8O10S6+2. The summed E-state index contributed by atoms with van der Waals surface area (Å²) in [5.41, 5.74) is 1.02. The lowest BCUT2D eigenvalue weighted by Crippen LogP contribution is -2.32. The first-order chi connectivity index (χ1) is 61.6. The number of esters is 1. The van der Waals surface area contributed by atoms with Gasteiger partial charge >= 0.3 is 5.97 Å². The number of carbonyl (C=O) groups is 1. The monoisotopic (exact) mass is 1860 g/mol. The molecule has 10 nitrogen and oxygen atoms in total. The third-order valence-electron chi connectivity index (χ3n) is 16.8. The van der Waals surface area contributed by atoms with Gasteiger partial charge in [-0.05, 0) is 208 Å². The van der Waals surface area contributed by atoms with E-state index < -0.39 is 81.7 Å². The molecule has 14 aromatic carbocycles. The van der Waals surface area contributed by atoms with Gasteiger partial charge in [0.15, 0.2) is 72.0 Å². The Bertz CT molecular complexity index is 4950. The molecule has 0 saturated carbocycles. The van der Waals surface area contributed by atoms with Gasteiger partial charge in [-0.25, -0.2) is 56.8 Å². The topological polar surface area (TPSA) is 159 Å². The number of benzene rings is 14. The van der Waals surface area contributed by atoms with Gasteiger partial charge in [0.05, 0.1) is 72.3 Å². The first-order valence-corrected chi connectivity index (χ1v) is 47.7. The Morgan fingerprint density at radius 2 is 0.504 bits per heavy atom. The lowest BCUT2D eigenvalue weighted by molar-refractivity contribution is -0.130. The molecule has 0 aromatic heterocycles. The molecule has 129 heavy (non-hydrogen) atoms. The average molecular weight is 1860 g/mol. The van der Waals surface area contributed by atoms with Crippen LogP contribution in [0.1, 0.15) is 39.2 Å². The van der Waals surface area contributed by atoms with Crippen molar-refractivity contribution in [2.75, 3.05) is 19.0 Å². The predicted molar refractivity (Wildman–Crippen MR) is 505 cm³/mol. The number of hydrogen-bond acceptors (Lipinski definition) is 10. The van der Waals surface area contributed by atoms with Crippen LogP contribution in [0.5, 0.6) is 17.2 Å². The van der Waals surface area contributed by atoms with Crippen molar-refractivity contribution in [1.29, 1.82) is 0 Å². The number of carbonyl (C=O) groups excluding carboxylic acids is 1. The zero-order valence-corrected chi connectivity index (χ0v) is 75.8. The largest absolute Gasteiger partial charge is 0.748 e. The Balaban J connectivity index is 0.000000206. The molecule has 0 aliphatic rings. The van der Waals surface area contributed by atoms with E-state index in [1.165, 1.54) is 102 Å². The van der Waals surface area contributed by atoms with E-state index >= 15 is 0 Å². The van der Waals surface area contributed by atoms with E-state index in [1.807, 2.05) is 0 Å². The van der Waals surface area contributed by atoms with Crippen LogP contribution in [0.2, 0.25) is 0 Å². The van der Waals surface area contributed by atoms with Gasteiger partial charge in [0.25, 0.3) is 23.7 Å². The Labute approximate surface area is 764 Å². The molecule has 0 bridgehead atoms. The summed E-state index contributed by atoms with van der Waals surface area (Å²) in [6.45, 7) is 12.9. The molecule has 0 aliphatic heterocycles. The third kappa shape index (κ3) is 40.3. The second kappa shape index (κ2) is 53.5. The summed E-state index contributed by atoms with van der Waals surface area (Å²) in [6.07, 6.45) is -0.461. The third-order valence-corrected chi connectivity index (χ3v) is 26.8. The number of ether oxygens (including phenoxy) is 3. The highest BCUT2D eigenvalue weighted by molar-refractivity contribution is 7.98. The van der Waals surface area contributed by atoms with Crippen LogP contribution in [-0.4, -0.2) is 74.6 Å². The number of hydrogen-bond donors (Lipinski definition) is 0. The molecular weight excluding hydrogens is 1770 g/mol. The molecule has 24 heteroatoms. The van der Waals surface area contributed by atoms with Crippen LogP contribution in [0, 0.1) is 0 Å². The highest BCUT2D eigenvalue weighted by atomic mass is 32.2. The fourth-order valence-corrected chi connectivity index (χ4v) is 20.0. The fourth-order valence-electron chi connectivity index (χ4n) is 11.3. The highest BCUT2D eigenvalue weighted by Gasteiger charge is 2.42. The van der Waals surface area contributed by atoms with Gasteiger partial charge in [0.1, 0.15) is 27.4 Å². The lowest BCUT2D eigenvalue weighted by atomic mass is 10.1. The van der Waals surface area contributed by atoms with Crippen molar-refractivity contribution in [2.45, 2.75) is 116 Å². The summed E-state index contributed by atoms with van der Waals surface area (Å²) in [4.78, 5) is 27.6. The summed E-state index contributed by atoms with van der Waals surface area (Å²) < 4.78 is 174. The minimum absolute atomic E-state index is 0.0146. The van der Waals surface area contributed by atoms with Crippen molar-refractivity contribution in [3.05, 3.63) is 461 Å². The van der Waals surface area contributed by atoms with Gasteiger partial charge in [-0.3, -0.25) is 0 Å². The van der Waals surface area contributed by atoms with Gasteiger partial charge < -0.3 is 23.3 Å². The van der Waals surface area contributed by atoms with Gasteiger partial charge in [0, 0.05) is 11.0 Å². The van der Waals surface area contributed by atoms with Crippen molar-refractivity contribution in [2.24, 2.45) is 0 Å². The Morgan fingerprint density at radius 3 is 0.643 bits per heavy atom. The summed E-state index contributed by atoms with van der Waals surface area (Å²) in [6, 6.07) is 140. The molecule has 0 saturated heterocycles.